The molecule has 1 unspecified atom stereocenters. The number of anilines is 1. The number of benzene rings is 1. The van der Waals surface area contributed by atoms with Crippen molar-refractivity contribution in [1.29, 1.82) is 0 Å². The molecule has 1 aromatic carbocycles. The first-order chi connectivity index (χ1) is 9.67. The molecule has 0 saturated carbocycles. The molecule has 2 rings (SSSR count). The van der Waals surface area contributed by atoms with Crippen molar-refractivity contribution < 1.29 is 9.84 Å². The monoisotopic (exact) mass is 279 g/mol. The van der Waals surface area contributed by atoms with Gasteiger partial charge in [0.15, 0.2) is 0 Å². The highest BCUT2D eigenvalue weighted by atomic mass is 16.5. The third kappa shape index (κ3) is 3.30. The van der Waals surface area contributed by atoms with E-state index in [1.165, 1.54) is 16.8 Å². The summed E-state index contributed by atoms with van der Waals surface area (Å²) in [6, 6.07) is 6.85. The molecule has 5 nitrogen and oxygen atoms in total. The molecular weight excluding hydrogens is 254 g/mol. The zero-order chi connectivity index (χ0) is 14.5. The second-order valence-corrected chi connectivity index (χ2v) is 5.34. The molecule has 0 bridgehead atoms. The minimum absolute atomic E-state index is 0.0761. The van der Waals surface area contributed by atoms with Crippen LogP contribution in [0.2, 0.25) is 0 Å². The van der Waals surface area contributed by atoms with Gasteiger partial charge >= 0.3 is 0 Å². The Morgan fingerprint density at radius 2 is 2.20 bits per heavy atom. The maximum Gasteiger partial charge on any atom is 0.0698 e. The number of hydrogen-bond acceptors (Lipinski definition) is 5. The number of aliphatic hydroxyl groups excluding tert-OH is 1. The van der Waals surface area contributed by atoms with Gasteiger partial charge in [0.1, 0.15) is 0 Å². The van der Waals surface area contributed by atoms with E-state index in [-0.39, 0.29) is 12.6 Å². The lowest BCUT2D eigenvalue weighted by Crippen LogP contribution is -2.31. The SMILES string of the molecule is CN(C)c1ccc2c(c1)C(CN)N(CCOCCO)C2. The molecule has 1 aromatic rings. The first-order valence-electron chi connectivity index (χ1n) is 7.10. The Bertz CT molecular complexity index is 437. The number of nitrogens with zero attached hydrogens (tertiary/aromatic N) is 2. The van der Waals surface area contributed by atoms with Crippen LogP contribution in [0.1, 0.15) is 17.2 Å². The molecule has 1 aliphatic rings. The predicted molar refractivity (Wildman–Crippen MR) is 80.9 cm³/mol. The van der Waals surface area contributed by atoms with Crippen LogP contribution >= 0.6 is 0 Å². The normalized spacial score (nSPS) is 18.3. The highest BCUT2D eigenvalue weighted by molar-refractivity contribution is 5.52. The summed E-state index contributed by atoms with van der Waals surface area (Å²) in [5, 5.41) is 8.72. The standard InChI is InChI=1S/C15H25N3O2/c1-17(2)13-4-3-12-11-18(5-7-20-8-6-19)15(10-16)14(12)9-13/h3-4,9,15,19H,5-8,10-11,16H2,1-2H3. The third-order valence-electron chi connectivity index (χ3n) is 3.80. The Morgan fingerprint density at radius 1 is 1.40 bits per heavy atom. The highest BCUT2D eigenvalue weighted by Gasteiger charge is 2.29. The van der Waals surface area contributed by atoms with E-state index in [0.717, 1.165) is 13.1 Å². The lowest BCUT2D eigenvalue weighted by Gasteiger charge is -2.24. The van der Waals surface area contributed by atoms with Crippen molar-refractivity contribution in [3.63, 3.8) is 0 Å². The molecule has 0 fully saturated rings. The summed E-state index contributed by atoms with van der Waals surface area (Å²) >= 11 is 0. The van der Waals surface area contributed by atoms with Gasteiger partial charge in [-0.25, -0.2) is 0 Å². The van der Waals surface area contributed by atoms with Crippen LogP contribution in [-0.4, -0.2) is 57.0 Å². The van der Waals surface area contributed by atoms with Gasteiger partial charge in [0.2, 0.25) is 0 Å². The van der Waals surface area contributed by atoms with Crippen LogP contribution in [0.5, 0.6) is 0 Å². The molecule has 0 radical (unpaired) electrons. The Labute approximate surface area is 120 Å². The van der Waals surface area contributed by atoms with Gasteiger partial charge in [0.05, 0.1) is 19.8 Å². The molecule has 0 aliphatic carbocycles. The lowest BCUT2D eigenvalue weighted by molar-refractivity contribution is 0.0657. The lowest BCUT2D eigenvalue weighted by atomic mass is 10.0. The molecule has 1 aliphatic heterocycles. The van der Waals surface area contributed by atoms with E-state index in [0.29, 0.717) is 19.8 Å². The second-order valence-electron chi connectivity index (χ2n) is 5.34. The molecule has 0 aromatic heterocycles. The maximum absolute atomic E-state index is 8.72. The van der Waals surface area contributed by atoms with Crippen LogP contribution in [0.3, 0.4) is 0 Å². The number of aliphatic hydroxyl groups is 1. The topological polar surface area (TPSA) is 62.0 Å². The summed E-state index contributed by atoms with van der Waals surface area (Å²) in [6.45, 7) is 3.49. The summed E-state index contributed by atoms with van der Waals surface area (Å²) in [6.07, 6.45) is 0. The summed E-state index contributed by atoms with van der Waals surface area (Å²) < 4.78 is 5.36. The van der Waals surface area contributed by atoms with E-state index >= 15 is 0 Å². The predicted octanol–water partition coefficient (Wildman–Crippen LogP) is 0.577. The fourth-order valence-electron chi connectivity index (χ4n) is 2.70. The summed E-state index contributed by atoms with van der Waals surface area (Å²) in [5.74, 6) is 0. The van der Waals surface area contributed by atoms with Gasteiger partial charge in [-0.3, -0.25) is 4.90 Å². The Balaban J connectivity index is 2.05. The van der Waals surface area contributed by atoms with Crippen LogP contribution in [0, 0.1) is 0 Å². The van der Waals surface area contributed by atoms with Gasteiger partial charge in [-0.05, 0) is 23.3 Å². The van der Waals surface area contributed by atoms with Crippen molar-refractivity contribution in [2.45, 2.75) is 12.6 Å². The molecule has 0 amide bonds. The Kier molecular flexibility index (Phi) is 5.37. The van der Waals surface area contributed by atoms with E-state index in [2.05, 4.69) is 42.1 Å². The van der Waals surface area contributed by atoms with Gasteiger partial charge in [-0.1, -0.05) is 6.07 Å². The fraction of sp³-hybridized carbons (Fsp3) is 0.600. The average Bonchev–Trinajstić information content (AvgIpc) is 2.79. The van der Waals surface area contributed by atoms with Crippen LogP contribution in [0.4, 0.5) is 5.69 Å². The van der Waals surface area contributed by atoms with Crippen LogP contribution in [0.15, 0.2) is 18.2 Å². The largest absolute Gasteiger partial charge is 0.394 e. The van der Waals surface area contributed by atoms with Crippen molar-refractivity contribution in [3.05, 3.63) is 29.3 Å². The molecule has 1 heterocycles. The van der Waals surface area contributed by atoms with Gasteiger partial charge in [0, 0.05) is 45.5 Å². The van der Waals surface area contributed by atoms with Crippen molar-refractivity contribution in [2.75, 3.05) is 51.9 Å². The van der Waals surface area contributed by atoms with E-state index < -0.39 is 0 Å². The Morgan fingerprint density at radius 3 is 2.85 bits per heavy atom. The minimum atomic E-state index is 0.0761. The summed E-state index contributed by atoms with van der Waals surface area (Å²) in [7, 11) is 4.10. The third-order valence-corrected chi connectivity index (χ3v) is 3.80. The molecule has 112 valence electrons. The zero-order valence-corrected chi connectivity index (χ0v) is 12.4. The quantitative estimate of drug-likeness (QED) is 0.715. The van der Waals surface area contributed by atoms with Crippen molar-refractivity contribution in [3.8, 4) is 0 Å². The molecule has 5 heteroatoms. The van der Waals surface area contributed by atoms with Crippen molar-refractivity contribution in [1.82, 2.24) is 4.90 Å². The summed E-state index contributed by atoms with van der Waals surface area (Å²) in [5.41, 5.74) is 9.86. The highest BCUT2D eigenvalue weighted by Crippen LogP contribution is 2.34. The van der Waals surface area contributed by atoms with Gasteiger partial charge < -0.3 is 20.5 Å². The average molecular weight is 279 g/mol. The van der Waals surface area contributed by atoms with E-state index in [1.807, 2.05) is 0 Å². The molecule has 20 heavy (non-hydrogen) atoms. The fourth-order valence-corrected chi connectivity index (χ4v) is 2.70. The maximum atomic E-state index is 8.72. The zero-order valence-electron chi connectivity index (χ0n) is 12.4. The molecular formula is C15H25N3O2. The van der Waals surface area contributed by atoms with Crippen molar-refractivity contribution >= 4 is 5.69 Å². The number of rotatable bonds is 7. The first-order valence-corrected chi connectivity index (χ1v) is 7.10. The molecule has 0 saturated heterocycles. The van der Waals surface area contributed by atoms with E-state index in [4.69, 9.17) is 15.6 Å². The van der Waals surface area contributed by atoms with Crippen LogP contribution in [-0.2, 0) is 11.3 Å². The number of hydrogen-bond donors (Lipinski definition) is 2. The minimum Gasteiger partial charge on any atom is -0.394 e. The van der Waals surface area contributed by atoms with E-state index in [1.54, 1.807) is 0 Å². The Hall–Kier alpha value is -1.14. The van der Waals surface area contributed by atoms with E-state index in [9.17, 15) is 0 Å². The first kappa shape index (κ1) is 15.3. The number of fused-ring (bicyclic) bond motifs is 1. The summed E-state index contributed by atoms with van der Waals surface area (Å²) in [4.78, 5) is 4.46. The number of ether oxygens (including phenoxy) is 1. The van der Waals surface area contributed by atoms with Crippen LogP contribution in [0.25, 0.3) is 0 Å². The molecule has 1 atom stereocenters. The molecule has 3 N–H and O–H groups in total. The number of nitrogens with two attached hydrogens (primary N) is 1. The molecule has 0 spiro atoms. The van der Waals surface area contributed by atoms with Gasteiger partial charge in [0.25, 0.3) is 0 Å². The van der Waals surface area contributed by atoms with Crippen molar-refractivity contribution in [2.24, 2.45) is 5.73 Å². The van der Waals surface area contributed by atoms with Gasteiger partial charge in [-0.2, -0.15) is 0 Å². The second kappa shape index (κ2) is 7.04. The van der Waals surface area contributed by atoms with Crippen LogP contribution < -0.4 is 10.6 Å². The van der Waals surface area contributed by atoms with Gasteiger partial charge in [-0.15, -0.1) is 0 Å². The smallest absolute Gasteiger partial charge is 0.0698 e.